The Kier molecular flexibility index (Phi) is 14.7. The highest BCUT2D eigenvalue weighted by Crippen LogP contribution is 2.37. The van der Waals surface area contributed by atoms with Gasteiger partial charge >= 0.3 is 18.4 Å². The Balaban J connectivity index is 0.000000210. The van der Waals surface area contributed by atoms with E-state index in [0.717, 1.165) is 17.1 Å². The lowest BCUT2D eigenvalue weighted by molar-refractivity contribution is -0.143. The van der Waals surface area contributed by atoms with Gasteiger partial charge in [-0.25, -0.2) is 19.0 Å². The maximum absolute atomic E-state index is 13.6. The first-order valence-electron chi connectivity index (χ1n) is 14.9. The Morgan fingerprint density at radius 1 is 0.643 bits per heavy atom. The number of nitrogen functional groups attached to an aromatic ring is 1. The van der Waals surface area contributed by atoms with E-state index in [1.165, 1.54) is 78.9 Å². The van der Waals surface area contributed by atoms with Crippen LogP contribution in [0.15, 0.2) is 102 Å². The Bertz CT molecular complexity index is 2360. The standard InChI is InChI=1S/C17H10Cl3F3N4O.C10H7ClF3N3.C7H3Cl2NO/c18-9-1-4-11(5-2-9)27-15(17(21,22)23)14(8-24-27)26-16(28)25-10-3-6-12(19)13(20)7-10;11-6-1-3-7(4-2-6)17-9(10(12,13)14)8(15)5-16-17;8-6-2-1-5(10-4-11)3-7(6)9/h1-8H,(H2,25,26,28);1-5H,15H2;1-3H. The summed E-state index contributed by atoms with van der Waals surface area (Å²) in [4.78, 5) is 25.3. The molecule has 6 rings (SSSR count). The molecule has 0 aliphatic rings. The lowest BCUT2D eigenvalue weighted by Crippen LogP contribution is -2.22. The average molecular weight is 899 g/mol. The first-order valence-corrected chi connectivity index (χ1v) is 17.2. The predicted molar refractivity (Wildman–Crippen MR) is 205 cm³/mol. The lowest BCUT2D eigenvalue weighted by atomic mass is 10.3. The smallest absolute Gasteiger partial charge is 0.396 e. The number of carbonyl (C=O) groups excluding carboxylic acids is 2. The van der Waals surface area contributed by atoms with Crippen molar-refractivity contribution in [2.75, 3.05) is 16.4 Å². The van der Waals surface area contributed by atoms with Gasteiger partial charge in [-0.2, -0.15) is 41.5 Å². The lowest BCUT2D eigenvalue weighted by Gasteiger charge is -2.14. The molecule has 2 heterocycles. The van der Waals surface area contributed by atoms with Crippen molar-refractivity contribution in [2.24, 2.45) is 4.99 Å². The number of anilines is 3. The molecule has 10 nitrogen and oxygen atoms in total. The van der Waals surface area contributed by atoms with Crippen molar-refractivity contribution in [3.63, 3.8) is 0 Å². The van der Waals surface area contributed by atoms with Crippen LogP contribution >= 0.6 is 69.6 Å². The summed E-state index contributed by atoms with van der Waals surface area (Å²) in [5.74, 6) is 0. The van der Waals surface area contributed by atoms with E-state index < -0.39 is 41.1 Å². The van der Waals surface area contributed by atoms with Gasteiger partial charge in [0.15, 0.2) is 11.4 Å². The molecule has 2 amide bonds. The highest BCUT2D eigenvalue weighted by Gasteiger charge is 2.40. The van der Waals surface area contributed by atoms with Crippen LogP contribution in [-0.4, -0.2) is 31.7 Å². The monoisotopic (exact) mass is 896 g/mol. The van der Waals surface area contributed by atoms with E-state index in [4.69, 9.17) is 75.3 Å². The van der Waals surface area contributed by atoms with Crippen LogP contribution in [0.1, 0.15) is 11.4 Å². The topological polar surface area (TPSA) is 132 Å². The van der Waals surface area contributed by atoms with Gasteiger partial charge < -0.3 is 16.4 Å². The van der Waals surface area contributed by atoms with Crippen LogP contribution in [0, 0.1) is 0 Å². The number of nitrogens with zero attached hydrogens (tertiary/aromatic N) is 5. The Hall–Kier alpha value is -4.93. The summed E-state index contributed by atoms with van der Waals surface area (Å²) in [7, 11) is 0. The molecule has 4 aromatic carbocycles. The van der Waals surface area contributed by atoms with Crippen LogP contribution in [0.2, 0.25) is 30.1 Å². The van der Waals surface area contributed by atoms with Crippen molar-refractivity contribution in [3.8, 4) is 11.4 Å². The van der Waals surface area contributed by atoms with Crippen LogP contribution in [-0.2, 0) is 17.1 Å². The number of alkyl halides is 6. The van der Waals surface area contributed by atoms with Gasteiger partial charge in [0.1, 0.15) is 0 Å². The maximum atomic E-state index is 13.6. The molecule has 56 heavy (non-hydrogen) atoms. The minimum Gasteiger partial charge on any atom is -0.396 e. The number of benzene rings is 4. The second-order valence-electron chi connectivity index (χ2n) is 10.6. The Labute approximate surface area is 342 Å². The molecular weight excluding hydrogens is 879 g/mol. The van der Waals surface area contributed by atoms with Crippen molar-refractivity contribution in [2.45, 2.75) is 12.4 Å². The fourth-order valence-corrected chi connectivity index (χ4v) is 5.22. The van der Waals surface area contributed by atoms with Gasteiger partial charge in [0, 0.05) is 15.7 Å². The van der Waals surface area contributed by atoms with E-state index in [2.05, 4.69) is 25.8 Å². The fraction of sp³-hybridized carbons (Fsp3) is 0.0588. The number of isocyanates is 1. The molecule has 292 valence electrons. The number of urea groups is 1. The van der Waals surface area contributed by atoms with E-state index >= 15 is 0 Å². The molecule has 0 fully saturated rings. The van der Waals surface area contributed by atoms with Gasteiger partial charge in [0.25, 0.3) is 0 Å². The molecule has 22 heteroatoms. The number of nitrogens with one attached hydrogen (secondary N) is 2. The summed E-state index contributed by atoms with van der Waals surface area (Å²) in [5, 5.41) is 14.0. The summed E-state index contributed by atoms with van der Waals surface area (Å²) in [6, 6.07) is 19.5. The van der Waals surface area contributed by atoms with Gasteiger partial charge in [-0.3, -0.25) is 0 Å². The van der Waals surface area contributed by atoms with Crippen molar-refractivity contribution < 1.29 is 35.9 Å². The predicted octanol–water partition coefficient (Wildman–Crippen LogP) is 12.6. The van der Waals surface area contributed by atoms with Gasteiger partial charge in [0.05, 0.1) is 60.9 Å². The molecular formula is C34H20Cl6F6N8O2. The van der Waals surface area contributed by atoms with Crippen molar-refractivity contribution in [3.05, 3.63) is 139 Å². The van der Waals surface area contributed by atoms with Crippen LogP contribution in [0.5, 0.6) is 0 Å². The van der Waals surface area contributed by atoms with Crippen LogP contribution in [0.4, 0.5) is 53.9 Å². The van der Waals surface area contributed by atoms with E-state index in [1.54, 1.807) is 12.1 Å². The van der Waals surface area contributed by atoms with Gasteiger partial charge in [0.2, 0.25) is 6.08 Å². The highest BCUT2D eigenvalue weighted by atomic mass is 35.5. The molecule has 0 aliphatic heterocycles. The molecule has 0 aliphatic carbocycles. The Morgan fingerprint density at radius 3 is 1.61 bits per heavy atom. The number of carbonyl (C=O) groups is 1. The number of amides is 2. The largest absolute Gasteiger partial charge is 0.435 e. The third kappa shape index (κ3) is 11.8. The van der Waals surface area contributed by atoms with Gasteiger partial charge in [-0.15, -0.1) is 0 Å². The quantitative estimate of drug-likeness (QED) is 0.0900. The molecule has 0 bridgehead atoms. The zero-order chi connectivity index (χ0) is 41.4. The van der Waals surface area contributed by atoms with E-state index in [-0.39, 0.29) is 27.1 Å². The molecule has 0 atom stereocenters. The second-order valence-corrected chi connectivity index (χ2v) is 13.1. The molecule has 0 radical (unpaired) electrons. The first-order chi connectivity index (χ1) is 26.3. The van der Waals surface area contributed by atoms with Crippen LogP contribution < -0.4 is 16.4 Å². The highest BCUT2D eigenvalue weighted by molar-refractivity contribution is 6.42. The number of hydrogen-bond acceptors (Lipinski definition) is 6. The third-order valence-corrected chi connectivity index (χ3v) is 8.73. The summed E-state index contributed by atoms with van der Waals surface area (Å²) in [6.07, 6.45) is -6.05. The van der Waals surface area contributed by atoms with Crippen molar-refractivity contribution >= 4 is 104 Å². The van der Waals surface area contributed by atoms with Gasteiger partial charge in [-0.05, 0) is 84.9 Å². The summed E-state index contributed by atoms with van der Waals surface area (Å²) in [5.41, 5.74) is 3.31. The van der Waals surface area contributed by atoms with Gasteiger partial charge in [-0.1, -0.05) is 69.6 Å². The molecule has 0 spiro atoms. The summed E-state index contributed by atoms with van der Waals surface area (Å²) < 4.78 is 80.4. The number of rotatable bonds is 5. The normalized spacial score (nSPS) is 11.0. The molecule has 0 saturated heterocycles. The number of aromatic nitrogens is 4. The minimum absolute atomic E-state index is 0.134. The minimum atomic E-state index is -4.78. The third-order valence-electron chi connectivity index (χ3n) is 6.75. The van der Waals surface area contributed by atoms with E-state index in [0.29, 0.717) is 30.5 Å². The van der Waals surface area contributed by atoms with E-state index in [1.807, 2.05) is 0 Å². The molecule has 2 aromatic heterocycles. The maximum Gasteiger partial charge on any atom is 0.435 e. The molecule has 0 unspecified atom stereocenters. The molecule has 6 aromatic rings. The number of aliphatic imine (C=N–C) groups is 1. The summed E-state index contributed by atoms with van der Waals surface area (Å²) in [6.45, 7) is 0. The molecule has 0 saturated carbocycles. The first kappa shape index (κ1) is 43.8. The summed E-state index contributed by atoms with van der Waals surface area (Å²) >= 11 is 34.3. The van der Waals surface area contributed by atoms with Crippen molar-refractivity contribution in [1.82, 2.24) is 19.6 Å². The van der Waals surface area contributed by atoms with Crippen LogP contribution in [0.25, 0.3) is 11.4 Å². The zero-order valence-electron chi connectivity index (χ0n) is 27.4. The number of hydrogen-bond donors (Lipinski definition) is 3. The zero-order valence-corrected chi connectivity index (χ0v) is 31.9. The average Bonchev–Trinajstić information content (AvgIpc) is 3.73. The van der Waals surface area contributed by atoms with E-state index in [9.17, 15) is 35.9 Å². The number of halogens is 12. The van der Waals surface area contributed by atoms with Crippen LogP contribution in [0.3, 0.4) is 0 Å². The second kappa shape index (κ2) is 18.8. The fourth-order valence-electron chi connectivity index (χ4n) is 4.38. The number of nitrogens with two attached hydrogens (primary N) is 1. The SMILES string of the molecule is Nc1cnn(-c2ccc(Cl)cc2)c1C(F)(F)F.O=C(Nc1ccc(Cl)c(Cl)c1)Nc1cnn(-c2ccc(Cl)cc2)c1C(F)(F)F.O=C=Nc1ccc(Cl)c(Cl)c1. The Morgan fingerprint density at radius 2 is 1.12 bits per heavy atom. The molecule has 4 N–H and O–H groups in total. The van der Waals surface area contributed by atoms with Crippen molar-refractivity contribution in [1.29, 1.82) is 0 Å².